The molecule has 0 bridgehead atoms. The molecule has 2 heterocycles. The van der Waals surface area contributed by atoms with Crippen molar-refractivity contribution in [1.29, 1.82) is 0 Å². The van der Waals surface area contributed by atoms with E-state index in [0.717, 1.165) is 36.0 Å². The van der Waals surface area contributed by atoms with Gasteiger partial charge in [0.1, 0.15) is 6.33 Å². The molecule has 0 radical (unpaired) electrons. The molecule has 2 aromatic rings. The first-order chi connectivity index (χ1) is 9.08. The molecule has 0 atom stereocenters. The average molecular weight is 261 g/mol. The number of nitrogens with one attached hydrogen (secondary N) is 2. The third-order valence-electron chi connectivity index (χ3n) is 3.04. The fraction of sp³-hybridized carbons (Fsp3) is 0.500. The fourth-order valence-electron chi connectivity index (χ4n) is 1.66. The molecule has 7 heteroatoms. The maximum Gasteiger partial charge on any atom is 0.223 e. The Bertz CT molecular complexity index is 538. The van der Waals surface area contributed by atoms with Gasteiger partial charge in [0.2, 0.25) is 11.9 Å². The highest BCUT2D eigenvalue weighted by Crippen LogP contribution is 2.10. The summed E-state index contributed by atoms with van der Waals surface area (Å²) in [7, 11) is 1.85. The summed E-state index contributed by atoms with van der Waals surface area (Å²) in [6.45, 7) is 7.46. The van der Waals surface area contributed by atoms with E-state index in [1.165, 1.54) is 6.33 Å². The van der Waals surface area contributed by atoms with Crippen molar-refractivity contribution in [3.8, 4) is 0 Å². The van der Waals surface area contributed by atoms with E-state index < -0.39 is 0 Å². The molecule has 0 aliphatic carbocycles. The van der Waals surface area contributed by atoms with E-state index in [9.17, 15) is 0 Å². The Kier molecular flexibility index (Phi) is 3.94. The average Bonchev–Trinajstić information content (AvgIpc) is 2.77. The molecular weight excluding hydrogens is 242 g/mol. The number of anilines is 2. The number of nitrogens with zero attached hydrogens (tertiary/aromatic N) is 5. The molecule has 0 amide bonds. The molecule has 0 saturated heterocycles. The van der Waals surface area contributed by atoms with Crippen LogP contribution in [0, 0.1) is 20.8 Å². The van der Waals surface area contributed by atoms with Gasteiger partial charge in [0.25, 0.3) is 0 Å². The van der Waals surface area contributed by atoms with Crippen LogP contribution in [0.3, 0.4) is 0 Å². The van der Waals surface area contributed by atoms with Crippen LogP contribution < -0.4 is 10.6 Å². The first-order valence-electron chi connectivity index (χ1n) is 6.21. The lowest BCUT2D eigenvalue weighted by Gasteiger charge is -2.09. The minimum Gasteiger partial charge on any atom is -0.353 e. The topological polar surface area (TPSA) is 80.5 Å². The summed E-state index contributed by atoms with van der Waals surface area (Å²) in [6, 6.07) is 0. The number of aryl methyl sites for hydroxylation is 3. The van der Waals surface area contributed by atoms with Crippen LogP contribution in [0.1, 0.15) is 17.0 Å². The molecule has 0 aromatic carbocycles. The Balaban J connectivity index is 1.85. The van der Waals surface area contributed by atoms with Crippen LogP contribution in [0.4, 0.5) is 11.9 Å². The van der Waals surface area contributed by atoms with Crippen LogP contribution in [-0.2, 0) is 7.05 Å². The Morgan fingerprint density at radius 1 is 1.05 bits per heavy atom. The van der Waals surface area contributed by atoms with Gasteiger partial charge in [-0.3, -0.25) is 0 Å². The second-order valence-corrected chi connectivity index (χ2v) is 4.40. The van der Waals surface area contributed by atoms with Crippen molar-refractivity contribution in [3.63, 3.8) is 0 Å². The second-order valence-electron chi connectivity index (χ2n) is 4.40. The van der Waals surface area contributed by atoms with Crippen molar-refractivity contribution in [1.82, 2.24) is 24.7 Å². The van der Waals surface area contributed by atoms with E-state index >= 15 is 0 Å². The van der Waals surface area contributed by atoms with Gasteiger partial charge >= 0.3 is 0 Å². The van der Waals surface area contributed by atoms with Gasteiger partial charge in [0.05, 0.1) is 0 Å². The summed E-state index contributed by atoms with van der Waals surface area (Å²) in [5.41, 5.74) is 3.16. The molecule has 0 fully saturated rings. The van der Waals surface area contributed by atoms with E-state index in [-0.39, 0.29) is 0 Å². The normalized spacial score (nSPS) is 10.5. The zero-order valence-corrected chi connectivity index (χ0v) is 11.7. The first kappa shape index (κ1) is 13.3. The maximum atomic E-state index is 4.40. The number of hydrogen-bond acceptors (Lipinski definition) is 6. The van der Waals surface area contributed by atoms with Crippen LogP contribution in [0.5, 0.6) is 0 Å². The molecule has 0 aliphatic rings. The standard InChI is InChI=1S/C12H19N7/c1-8-9(2)17-11(18-10(8)3)13-5-6-14-12-15-7-16-19(12)4/h7H,5-6H2,1-4H3,(H,13,17,18)(H,14,15,16). The molecule has 0 unspecified atom stereocenters. The van der Waals surface area contributed by atoms with Gasteiger partial charge in [-0.25, -0.2) is 14.6 Å². The molecular formula is C12H19N7. The van der Waals surface area contributed by atoms with Crippen molar-refractivity contribution in [2.75, 3.05) is 23.7 Å². The van der Waals surface area contributed by atoms with Crippen molar-refractivity contribution in [3.05, 3.63) is 23.3 Å². The van der Waals surface area contributed by atoms with E-state index in [4.69, 9.17) is 0 Å². The van der Waals surface area contributed by atoms with Crippen molar-refractivity contribution >= 4 is 11.9 Å². The summed E-state index contributed by atoms with van der Waals surface area (Å²) in [4.78, 5) is 12.9. The maximum absolute atomic E-state index is 4.40. The van der Waals surface area contributed by atoms with E-state index in [1.807, 2.05) is 27.8 Å². The summed E-state index contributed by atoms with van der Waals surface area (Å²) in [5, 5.41) is 10.4. The van der Waals surface area contributed by atoms with Crippen LogP contribution in [-0.4, -0.2) is 37.8 Å². The molecule has 0 aliphatic heterocycles. The Labute approximate surface area is 112 Å². The summed E-state index contributed by atoms with van der Waals surface area (Å²) in [5.74, 6) is 1.42. The van der Waals surface area contributed by atoms with E-state index in [1.54, 1.807) is 4.68 Å². The van der Waals surface area contributed by atoms with Crippen molar-refractivity contribution < 1.29 is 0 Å². The predicted molar refractivity (Wildman–Crippen MR) is 74.2 cm³/mol. The number of aromatic nitrogens is 5. The van der Waals surface area contributed by atoms with Crippen LogP contribution in [0.25, 0.3) is 0 Å². The monoisotopic (exact) mass is 261 g/mol. The molecule has 7 nitrogen and oxygen atoms in total. The Hall–Kier alpha value is -2.18. The molecule has 0 spiro atoms. The third kappa shape index (κ3) is 3.18. The van der Waals surface area contributed by atoms with Gasteiger partial charge in [-0.05, 0) is 26.3 Å². The number of hydrogen-bond donors (Lipinski definition) is 2. The van der Waals surface area contributed by atoms with Gasteiger partial charge in [-0.2, -0.15) is 10.1 Å². The highest BCUT2D eigenvalue weighted by atomic mass is 15.4. The first-order valence-corrected chi connectivity index (χ1v) is 6.21. The largest absolute Gasteiger partial charge is 0.353 e. The van der Waals surface area contributed by atoms with Gasteiger partial charge in [0, 0.05) is 31.5 Å². The lowest BCUT2D eigenvalue weighted by Crippen LogP contribution is -2.17. The molecule has 2 rings (SSSR count). The molecule has 2 N–H and O–H groups in total. The van der Waals surface area contributed by atoms with Crippen LogP contribution in [0.2, 0.25) is 0 Å². The predicted octanol–water partition coefficient (Wildman–Crippen LogP) is 1.05. The fourth-order valence-corrected chi connectivity index (χ4v) is 1.66. The third-order valence-corrected chi connectivity index (χ3v) is 3.04. The summed E-state index contributed by atoms with van der Waals surface area (Å²) < 4.78 is 1.69. The van der Waals surface area contributed by atoms with Crippen molar-refractivity contribution in [2.45, 2.75) is 20.8 Å². The highest BCUT2D eigenvalue weighted by Gasteiger charge is 2.04. The molecule has 102 valence electrons. The second kappa shape index (κ2) is 5.64. The van der Waals surface area contributed by atoms with Crippen LogP contribution >= 0.6 is 0 Å². The molecule has 2 aromatic heterocycles. The smallest absolute Gasteiger partial charge is 0.223 e. The van der Waals surface area contributed by atoms with E-state index in [0.29, 0.717) is 5.95 Å². The SMILES string of the molecule is Cc1nc(NCCNc2ncnn2C)nc(C)c1C. The lowest BCUT2D eigenvalue weighted by molar-refractivity contribution is 0.767. The zero-order valence-electron chi connectivity index (χ0n) is 11.7. The lowest BCUT2D eigenvalue weighted by atomic mass is 10.2. The van der Waals surface area contributed by atoms with Gasteiger partial charge < -0.3 is 10.6 Å². The van der Waals surface area contributed by atoms with E-state index in [2.05, 4.69) is 30.7 Å². The van der Waals surface area contributed by atoms with Crippen molar-refractivity contribution in [2.24, 2.45) is 7.05 Å². The molecule has 19 heavy (non-hydrogen) atoms. The minimum absolute atomic E-state index is 0.667. The molecule has 0 saturated carbocycles. The highest BCUT2D eigenvalue weighted by molar-refractivity contribution is 5.33. The summed E-state index contributed by atoms with van der Waals surface area (Å²) in [6.07, 6.45) is 1.52. The van der Waals surface area contributed by atoms with Gasteiger partial charge in [-0.15, -0.1) is 0 Å². The minimum atomic E-state index is 0.667. The Morgan fingerprint density at radius 3 is 2.26 bits per heavy atom. The van der Waals surface area contributed by atoms with Gasteiger partial charge in [-0.1, -0.05) is 0 Å². The zero-order chi connectivity index (χ0) is 13.8. The van der Waals surface area contributed by atoms with Gasteiger partial charge in [0.15, 0.2) is 0 Å². The van der Waals surface area contributed by atoms with Crippen LogP contribution in [0.15, 0.2) is 6.33 Å². The number of rotatable bonds is 5. The quantitative estimate of drug-likeness (QED) is 0.783. The summed E-state index contributed by atoms with van der Waals surface area (Å²) >= 11 is 0. The Morgan fingerprint density at radius 2 is 1.68 bits per heavy atom.